The van der Waals surface area contributed by atoms with Crippen LogP contribution >= 0.6 is 0 Å². The summed E-state index contributed by atoms with van der Waals surface area (Å²) in [4.78, 5) is 31.6. The molecule has 1 unspecified atom stereocenters. The number of likely N-dealkylation sites (tertiary alicyclic amines) is 1. The normalized spacial score (nSPS) is 18.6. The summed E-state index contributed by atoms with van der Waals surface area (Å²) < 4.78 is 15.9. The highest BCUT2D eigenvalue weighted by molar-refractivity contribution is 6.04. The third-order valence-corrected chi connectivity index (χ3v) is 6.82. The molecule has 0 radical (unpaired) electrons. The molecule has 2 aliphatic rings. The van der Waals surface area contributed by atoms with E-state index in [1.807, 2.05) is 23.1 Å². The Balaban J connectivity index is 1.35. The van der Waals surface area contributed by atoms with Crippen molar-refractivity contribution in [1.82, 2.24) is 19.6 Å². The zero-order valence-electron chi connectivity index (χ0n) is 19.7. The number of halogens is 1. The van der Waals surface area contributed by atoms with E-state index < -0.39 is 0 Å². The number of para-hydroxylation sites is 1. The summed E-state index contributed by atoms with van der Waals surface area (Å²) in [7, 11) is 0. The molecule has 178 valence electrons. The average molecular weight is 464 g/mol. The molecule has 0 bridgehead atoms. The van der Waals surface area contributed by atoms with Crippen molar-refractivity contribution >= 4 is 28.5 Å². The maximum absolute atomic E-state index is 14.4. The number of carbonyl (C=O) groups is 2. The summed E-state index contributed by atoms with van der Waals surface area (Å²) in [5.74, 6) is 0.203. The first kappa shape index (κ1) is 22.4. The Morgan fingerprint density at radius 1 is 1.09 bits per heavy atom. The molecule has 0 aliphatic carbocycles. The summed E-state index contributed by atoms with van der Waals surface area (Å²) in [6.45, 7) is 6.22. The predicted molar refractivity (Wildman–Crippen MR) is 130 cm³/mol. The number of aromatic nitrogens is 2. The molecule has 2 saturated heterocycles. The minimum atomic E-state index is -0.363. The first-order valence-electron chi connectivity index (χ1n) is 12.0. The molecule has 7 nitrogen and oxygen atoms in total. The van der Waals surface area contributed by atoms with Gasteiger partial charge in [0.25, 0.3) is 0 Å². The lowest BCUT2D eigenvalue weighted by Crippen LogP contribution is -2.44. The van der Waals surface area contributed by atoms with E-state index in [0.717, 1.165) is 42.4 Å². The largest absolute Gasteiger partial charge is 0.338 e. The third kappa shape index (κ3) is 4.02. The van der Waals surface area contributed by atoms with Crippen molar-refractivity contribution in [2.75, 3.05) is 31.1 Å². The molecule has 3 aromatic rings. The van der Waals surface area contributed by atoms with E-state index in [9.17, 15) is 14.0 Å². The standard InChI is InChI=1S/C26H30FN5O2/c1-18(2)15-19-7-6-12-30(19)25(33)17-29-13-14-31(26(29)34)22-10-5-11-23-20(22)16-28-32(23)24-9-4-3-8-21(24)27/h3-5,8-11,16,18-19H,6-7,12-15,17H2,1-2H3. The van der Waals surface area contributed by atoms with Gasteiger partial charge in [0.05, 0.1) is 17.4 Å². The number of fused-ring (bicyclic) bond motifs is 1. The zero-order chi connectivity index (χ0) is 23.8. The van der Waals surface area contributed by atoms with Crippen molar-refractivity contribution in [2.24, 2.45) is 5.92 Å². The van der Waals surface area contributed by atoms with Gasteiger partial charge in [-0.2, -0.15) is 5.10 Å². The van der Waals surface area contributed by atoms with Crippen molar-refractivity contribution in [3.8, 4) is 5.69 Å². The molecule has 8 heteroatoms. The van der Waals surface area contributed by atoms with Gasteiger partial charge in [-0.3, -0.25) is 9.69 Å². The summed E-state index contributed by atoms with van der Waals surface area (Å²) in [6, 6.07) is 12.2. The van der Waals surface area contributed by atoms with E-state index in [4.69, 9.17) is 0 Å². The monoisotopic (exact) mass is 463 g/mol. The lowest BCUT2D eigenvalue weighted by molar-refractivity contribution is -0.132. The highest BCUT2D eigenvalue weighted by atomic mass is 19.1. The quantitative estimate of drug-likeness (QED) is 0.543. The second-order valence-corrected chi connectivity index (χ2v) is 9.59. The van der Waals surface area contributed by atoms with Crippen LogP contribution in [0.5, 0.6) is 0 Å². The Morgan fingerprint density at radius 2 is 1.88 bits per heavy atom. The topological polar surface area (TPSA) is 61.7 Å². The molecule has 2 aliphatic heterocycles. The van der Waals surface area contributed by atoms with Crippen molar-refractivity contribution in [3.05, 3.63) is 54.5 Å². The van der Waals surface area contributed by atoms with Gasteiger partial charge in [0.1, 0.15) is 18.0 Å². The van der Waals surface area contributed by atoms with Crippen LogP contribution in [0.1, 0.15) is 33.1 Å². The van der Waals surface area contributed by atoms with Gasteiger partial charge in [-0.15, -0.1) is 0 Å². The Hall–Kier alpha value is -3.42. The molecule has 2 aromatic carbocycles. The molecule has 3 heterocycles. The highest BCUT2D eigenvalue weighted by Crippen LogP contribution is 2.31. The van der Waals surface area contributed by atoms with Crippen molar-refractivity contribution in [2.45, 2.75) is 39.2 Å². The van der Waals surface area contributed by atoms with Crippen LogP contribution in [0, 0.1) is 11.7 Å². The van der Waals surface area contributed by atoms with E-state index in [0.29, 0.717) is 24.7 Å². The number of anilines is 1. The molecular weight excluding hydrogens is 433 g/mol. The Morgan fingerprint density at radius 3 is 2.68 bits per heavy atom. The fraction of sp³-hybridized carbons (Fsp3) is 0.423. The van der Waals surface area contributed by atoms with Crippen LogP contribution in [0.3, 0.4) is 0 Å². The van der Waals surface area contributed by atoms with Gasteiger partial charge in [-0.1, -0.05) is 32.0 Å². The molecule has 3 amide bonds. The second-order valence-electron chi connectivity index (χ2n) is 9.59. The molecule has 0 saturated carbocycles. The number of amides is 3. The van der Waals surface area contributed by atoms with Gasteiger partial charge >= 0.3 is 6.03 Å². The van der Waals surface area contributed by atoms with Crippen LogP contribution in [0.2, 0.25) is 0 Å². The van der Waals surface area contributed by atoms with E-state index in [-0.39, 0.29) is 30.3 Å². The van der Waals surface area contributed by atoms with E-state index >= 15 is 0 Å². The van der Waals surface area contributed by atoms with Crippen molar-refractivity contribution < 1.29 is 14.0 Å². The van der Waals surface area contributed by atoms with Crippen molar-refractivity contribution in [1.29, 1.82) is 0 Å². The van der Waals surface area contributed by atoms with Crippen LogP contribution in [0.15, 0.2) is 48.7 Å². The maximum Gasteiger partial charge on any atom is 0.325 e. The Labute approximate surface area is 198 Å². The van der Waals surface area contributed by atoms with Gasteiger partial charge in [-0.05, 0) is 49.4 Å². The van der Waals surface area contributed by atoms with Crippen LogP contribution in [-0.4, -0.2) is 63.7 Å². The molecular formula is C26H30FN5O2. The number of hydrogen-bond donors (Lipinski definition) is 0. The van der Waals surface area contributed by atoms with E-state index in [1.54, 1.807) is 38.9 Å². The maximum atomic E-state index is 14.4. The summed E-state index contributed by atoms with van der Waals surface area (Å²) in [5, 5.41) is 5.17. The summed E-state index contributed by atoms with van der Waals surface area (Å²) >= 11 is 0. The molecule has 34 heavy (non-hydrogen) atoms. The van der Waals surface area contributed by atoms with Crippen LogP contribution in [0.25, 0.3) is 16.6 Å². The predicted octanol–water partition coefficient (Wildman–Crippen LogP) is 4.44. The number of rotatable bonds is 6. The zero-order valence-corrected chi connectivity index (χ0v) is 19.7. The van der Waals surface area contributed by atoms with E-state index in [1.165, 1.54) is 6.07 Å². The number of urea groups is 1. The van der Waals surface area contributed by atoms with Gasteiger partial charge in [0.2, 0.25) is 5.91 Å². The molecule has 0 N–H and O–H groups in total. The minimum absolute atomic E-state index is 0.0314. The van der Waals surface area contributed by atoms with Crippen molar-refractivity contribution in [3.63, 3.8) is 0 Å². The molecule has 1 atom stereocenters. The summed E-state index contributed by atoms with van der Waals surface area (Å²) in [6.07, 6.45) is 4.73. The average Bonchev–Trinajstić information content (AvgIpc) is 3.53. The molecule has 5 rings (SSSR count). The van der Waals surface area contributed by atoms with Crippen LogP contribution < -0.4 is 4.90 Å². The minimum Gasteiger partial charge on any atom is -0.338 e. The fourth-order valence-electron chi connectivity index (χ4n) is 5.25. The number of carbonyl (C=O) groups excluding carboxylic acids is 2. The lowest BCUT2D eigenvalue weighted by atomic mass is 10.0. The van der Waals surface area contributed by atoms with Crippen LogP contribution in [-0.2, 0) is 4.79 Å². The smallest absolute Gasteiger partial charge is 0.325 e. The van der Waals surface area contributed by atoms with Crippen LogP contribution in [0.4, 0.5) is 14.9 Å². The first-order chi connectivity index (χ1) is 16.4. The van der Waals surface area contributed by atoms with Gasteiger partial charge in [0, 0.05) is 31.1 Å². The lowest BCUT2D eigenvalue weighted by Gasteiger charge is -2.28. The molecule has 0 spiro atoms. The van der Waals surface area contributed by atoms with Gasteiger partial charge in [0.15, 0.2) is 0 Å². The second kappa shape index (κ2) is 9.08. The molecule has 2 fully saturated rings. The SMILES string of the molecule is CC(C)CC1CCCN1C(=O)CN1CCN(c2cccc3c2cnn3-c2ccccc2F)C1=O. The first-order valence-corrected chi connectivity index (χ1v) is 12.0. The van der Waals surface area contributed by atoms with E-state index in [2.05, 4.69) is 18.9 Å². The fourth-order valence-corrected chi connectivity index (χ4v) is 5.25. The number of hydrogen-bond acceptors (Lipinski definition) is 3. The van der Waals surface area contributed by atoms with Gasteiger partial charge < -0.3 is 9.80 Å². The van der Waals surface area contributed by atoms with Gasteiger partial charge in [-0.25, -0.2) is 13.9 Å². The highest BCUT2D eigenvalue weighted by Gasteiger charge is 2.35. The number of nitrogens with zero attached hydrogens (tertiary/aromatic N) is 5. The third-order valence-electron chi connectivity index (χ3n) is 6.82. The number of benzene rings is 2. The Kier molecular flexibility index (Phi) is 5.98. The molecule has 1 aromatic heterocycles. The summed E-state index contributed by atoms with van der Waals surface area (Å²) in [5.41, 5.74) is 1.80. The Bertz CT molecular complexity index is 1220.